The molecule has 0 atom stereocenters. The van der Waals surface area contributed by atoms with E-state index in [1.54, 1.807) is 0 Å². The number of nitrogens with one attached hydrogen (secondary N) is 1. The van der Waals surface area contributed by atoms with Gasteiger partial charge in [0.1, 0.15) is 0 Å². The Morgan fingerprint density at radius 2 is 1.84 bits per heavy atom. The number of sulfonamides is 1. The number of hydrogen-bond donors (Lipinski definition) is 1. The van der Waals surface area contributed by atoms with Gasteiger partial charge in [-0.05, 0) is 73.4 Å². The summed E-state index contributed by atoms with van der Waals surface area (Å²) in [4.78, 5) is 4.24. The van der Waals surface area contributed by atoms with Crippen molar-refractivity contribution < 1.29 is 8.42 Å². The van der Waals surface area contributed by atoms with Crippen LogP contribution in [0.15, 0.2) is 22.4 Å². The van der Waals surface area contributed by atoms with Crippen molar-refractivity contribution in [3.63, 3.8) is 0 Å². The summed E-state index contributed by atoms with van der Waals surface area (Å²) in [6.45, 7) is 10.8. The fourth-order valence-electron chi connectivity index (χ4n) is 3.49. The molecular formula is C19H26N2O2S2. The Hall–Kier alpha value is -1.21. The van der Waals surface area contributed by atoms with Crippen LogP contribution in [0.2, 0.25) is 0 Å². The van der Waals surface area contributed by atoms with Crippen LogP contribution in [0, 0.1) is 27.7 Å². The maximum atomic E-state index is 12.8. The number of aryl methyl sites for hydroxylation is 2. The first-order valence-corrected chi connectivity index (χ1v) is 11.0. The van der Waals surface area contributed by atoms with Crippen molar-refractivity contribution in [2.75, 3.05) is 19.6 Å². The van der Waals surface area contributed by atoms with Crippen molar-refractivity contribution in [1.82, 2.24) is 9.62 Å². The van der Waals surface area contributed by atoms with E-state index in [1.807, 2.05) is 39.0 Å². The van der Waals surface area contributed by atoms with Gasteiger partial charge in [0, 0.05) is 31.1 Å². The predicted octanol–water partition coefficient (Wildman–Crippen LogP) is 3.32. The molecule has 1 N–H and O–H groups in total. The van der Waals surface area contributed by atoms with Gasteiger partial charge in [-0.2, -0.15) is 0 Å². The molecule has 0 saturated carbocycles. The molecule has 2 aromatic rings. The van der Waals surface area contributed by atoms with Crippen molar-refractivity contribution in [3.8, 4) is 0 Å². The lowest BCUT2D eigenvalue weighted by molar-refractivity contribution is 0.260. The molecule has 1 aromatic heterocycles. The molecule has 0 spiro atoms. The Bertz CT molecular complexity index is 859. The third-order valence-electron chi connectivity index (χ3n) is 5.17. The van der Waals surface area contributed by atoms with E-state index in [0.29, 0.717) is 11.4 Å². The molecule has 1 aromatic carbocycles. The van der Waals surface area contributed by atoms with Crippen LogP contribution in [0.3, 0.4) is 0 Å². The first-order valence-electron chi connectivity index (χ1n) is 8.64. The van der Waals surface area contributed by atoms with Crippen molar-refractivity contribution >= 4 is 21.4 Å². The summed E-state index contributed by atoms with van der Waals surface area (Å²) in [5.41, 5.74) is 5.11. The molecular weight excluding hydrogens is 352 g/mol. The van der Waals surface area contributed by atoms with Crippen LogP contribution in [0.25, 0.3) is 0 Å². The standard InChI is InChI=1S/C19H26N2O2S2/c1-13-11-14(2)16(4)19(15(13)3)25(22,23)20-7-9-21-8-5-18-17(12-21)6-10-24-18/h6,10-11,20H,5,7-9,12H2,1-4H3. The van der Waals surface area contributed by atoms with E-state index in [9.17, 15) is 8.42 Å². The van der Waals surface area contributed by atoms with Gasteiger partial charge in [-0.15, -0.1) is 11.3 Å². The number of thiophene rings is 1. The van der Waals surface area contributed by atoms with Crippen molar-refractivity contribution in [2.24, 2.45) is 0 Å². The smallest absolute Gasteiger partial charge is 0.241 e. The maximum absolute atomic E-state index is 12.8. The lowest BCUT2D eigenvalue weighted by Gasteiger charge is -2.26. The Balaban J connectivity index is 1.67. The Morgan fingerprint density at radius 3 is 2.52 bits per heavy atom. The van der Waals surface area contributed by atoms with E-state index in [0.717, 1.165) is 48.3 Å². The van der Waals surface area contributed by atoms with Gasteiger partial charge < -0.3 is 0 Å². The van der Waals surface area contributed by atoms with Gasteiger partial charge >= 0.3 is 0 Å². The van der Waals surface area contributed by atoms with Gasteiger partial charge in [0.25, 0.3) is 0 Å². The highest BCUT2D eigenvalue weighted by molar-refractivity contribution is 7.89. The van der Waals surface area contributed by atoms with Gasteiger partial charge in [-0.1, -0.05) is 6.07 Å². The average Bonchev–Trinajstić information content (AvgIpc) is 3.00. The monoisotopic (exact) mass is 378 g/mol. The average molecular weight is 379 g/mol. The van der Waals surface area contributed by atoms with Crippen LogP contribution >= 0.6 is 11.3 Å². The highest BCUT2D eigenvalue weighted by Gasteiger charge is 2.22. The largest absolute Gasteiger partial charge is 0.297 e. The number of hydrogen-bond acceptors (Lipinski definition) is 4. The first kappa shape index (κ1) is 18.6. The summed E-state index contributed by atoms with van der Waals surface area (Å²) in [7, 11) is -3.49. The lowest BCUT2D eigenvalue weighted by Crippen LogP contribution is -2.37. The van der Waals surface area contributed by atoms with Crippen LogP contribution in [-0.4, -0.2) is 33.0 Å². The van der Waals surface area contributed by atoms with Gasteiger partial charge in [-0.3, -0.25) is 4.90 Å². The van der Waals surface area contributed by atoms with Crippen LogP contribution in [0.4, 0.5) is 0 Å². The Kier molecular flexibility index (Phi) is 5.34. The van der Waals surface area contributed by atoms with Crippen molar-refractivity contribution in [3.05, 3.63) is 50.2 Å². The zero-order chi connectivity index (χ0) is 18.2. The molecule has 0 radical (unpaired) electrons. The van der Waals surface area contributed by atoms with E-state index in [-0.39, 0.29) is 0 Å². The van der Waals surface area contributed by atoms with E-state index >= 15 is 0 Å². The van der Waals surface area contributed by atoms with Gasteiger partial charge in [0.05, 0.1) is 4.90 Å². The van der Waals surface area contributed by atoms with E-state index in [2.05, 4.69) is 27.1 Å². The number of benzene rings is 1. The minimum atomic E-state index is -3.49. The minimum absolute atomic E-state index is 0.438. The topological polar surface area (TPSA) is 49.4 Å². The van der Waals surface area contributed by atoms with Gasteiger partial charge in [-0.25, -0.2) is 13.1 Å². The number of nitrogens with zero attached hydrogens (tertiary/aromatic N) is 1. The summed E-state index contributed by atoms with van der Waals surface area (Å²) in [5, 5.41) is 2.14. The van der Waals surface area contributed by atoms with Crippen LogP contribution in [0.1, 0.15) is 32.7 Å². The summed E-state index contributed by atoms with van der Waals surface area (Å²) in [6, 6.07) is 4.23. The molecule has 0 amide bonds. The summed E-state index contributed by atoms with van der Waals surface area (Å²) >= 11 is 1.82. The molecule has 0 bridgehead atoms. The SMILES string of the molecule is Cc1cc(C)c(C)c(S(=O)(=O)NCCN2CCc3sccc3C2)c1C. The molecule has 1 aliphatic rings. The van der Waals surface area contributed by atoms with Crippen molar-refractivity contribution in [2.45, 2.75) is 45.6 Å². The third kappa shape index (κ3) is 3.82. The normalized spacial score (nSPS) is 15.4. The molecule has 0 fully saturated rings. The molecule has 6 heteroatoms. The van der Waals surface area contributed by atoms with Gasteiger partial charge in [0.15, 0.2) is 0 Å². The predicted molar refractivity (Wildman–Crippen MR) is 104 cm³/mol. The molecule has 2 heterocycles. The maximum Gasteiger partial charge on any atom is 0.241 e. The molecule has 4 nitrogen and oxygen atoms in total. The van der Waals surface area contributed by atoms with E-state index in [1.165, 1.54) is 10.4 Å². The number of rotatable bonds is 5. The van der Waals surface area contributed by atoms with Crippen LogP contribution < -0.4 is 4.72 Å². The fourth-order valence-corrected chi connectivity index (χ4v) is 6.01. The number of fused-ring (bicyclic) bond motifs is 1. The fraction of sp³-hybridized carbons (Fsp3) is 0.474. The zero-order valence-corrected chi connectivity index (χ0v) is 17.0. The first-order chi connectivity index (χ1) is 11.8. The van der Waals surface area contributed by atoms with E-state index in [4.69, 9.17) is 0 Å². The van der Waals surface area contributed by atoms with Gasteiger partial charge in [0.2, 0.25) is 10.0 Å². The molecule has 3 rings (SSSR count). The second-order valence-electron chi connectivity index (χ2n) is 6.88. The lowest BCUT2D eigenvalue weighted by atomic mass is 10.0. The Morgan fingerprint density at radius 1 is 1.16 bits per heavy atom. The highest BCUT2D eigenvalue weighted by atomic mass is 32.2. The Labute approximate surface area is 154 Å². The molecule has 25 heavy (non-hydrogen) atoms. The van der Waals surface area contributed by atoms with Crippen LogP contribution in [-0.2, 0) is 23.0 Å². The molecule has 1 aliphatic heterocycles. The quantitative estimate of drug-likeness (QED) is 0.868. The molecule has 0 unspecified atom stereocenters. The summed E-state index contributed by atoms with van der Waals surface area (Å²) in [5.74, 6) is 0. The summed E-state index contributed by atoms with van der Waals surface area (Å²) < 4.78 is 28.5. The van der Waals surface area contributed by atoms with Crippen LogP contribution in [0.5, 0.6) is 0 Å². The second kappa shape index (κ2) is 7.19. The van der Waals surface area contributed by atoms with Crippen molar-refractivity contribution in [1.29, 1.82) is 0 Å². The molecule has 136 valence electrons. The highest BCUT2D eigenvalue weighted by Crippen LogP contribution is 2.26. The minimum Gasteiger partial charge on any atom is -0.297 e. The zero-order valence-electron chi connectivity index (χ0n) is 15.3. The second-order valence-corrected chi connectivity index (χ2v) is 9.59. The third-order valence-corrected chi connectivity index (χ3v) is 7.93. The molecule has 0 saturated heterocycles. The van der Waals surface area contributed by atoms with E-state index < -0.39 is 10.0 Å². The molecule has 0 aliphatic carbocycles. The summed E-state index contributed by atoms with van der Waals surface area (Å²) in [6.07, 6.45) is 1.06.